The van der Waals surface area contributed by atoms with Gasteiger partial charge in [0.15, 0.2) is 0 Å². The topological polar surface area (TPSA) is 84.7 Å². The van der Waals surface area contributed by atoms with Crippen LogP contribution >= 0.6 is 0 Å². The van der Waals surface area contributed by atoms with Gasteiger partial charge in [-0.2, -0.15) is 0 Å². The van der Waals surface area contributed by atoms with Crippen molar-refractivity contribution >= 4 is 22.9 Å². The molecule has 1 atom stereocenters. The van der Waals surface area contributed by atoms with Crippen LogP contribution in [0.25, 0.3) is 11.0 Å². The van der Waals surface area contributed by atoms with Gasteiger partial charge in [0.1, 0.15) is 17.3 Å². The fourth-order valence-electron chi connectivity index (χ4n) is 4.55. The van der Waals surface area contributed by atoms with Crippen LogP contribution in [0.2, 0.25) is 0 Å². The summed E-state index contributed by atoms with van der Waals surface area (Å²) in [5.41, 5.74) is 2.63. The number of aromatic carboxylic acids is 1. The third-order valence-electron chi connectivity index (χ3n) is 6.29. The number of hydrogen-bond donors (Lipinski definition) is 1. The van der Waals surface area contributed by atoms with Crippen LogP contribution in [-0.4, -0.2) is 38.0 Å². The molecule has 5 rings (SSSR count). The second kappa shape index (κ2) is 9.02. The second-order valence-corrected chi connectivity index (χ2v) is 8.52. The Labute approximate surface area is 197 Å². The van der Waals surface area contributed by atoms with E-state index in [0.717, 1.165) is 46.8 Å². The first-order valence-corrected chi connectivity index (χ1v) is 11.3. The first kappa shape index (κ1) is 21.7. The van der Waals surface area contributed by atoms with Crippen LogP contribution in [0.15, 0.2) is 72.8 Å². The Hall–Kier alpha value is -4.13. The molecule has 0 aliphatic carbocycles. The molecule has 1 aliphatic heterocycles. The molecule has 4 aromatic rings. The zero-order valence-electron chi connectivity index (χ0n) is 18.8. The fraction of sp³-hybridized carbons (Fsp3) is 0.222. The number of carboxylic acid groups (broad SMARTS) is 1. The van der Waals surface area contributed by atoms with E-state index in [0.29, 0.717) is 13.0 Å². The summed E-state index contributed by atoms with van der Waals surface area (Å²) in [7, 11) is 1.88. The van der Waals surface area contributed by atoms with Crippen molar-refractivity contribution in [3.8, 4) is 11.5 Å². The van der Waals surface area contributed by atoms with Crippen molar-refractivity contribution in [1.82, 2.24) is 14.5 Å². The van der Waals surface area contributed by atoms with Gasteiger partial charge >= 0.3 is 5.97 Å². The van der Waals surface area contributed by atoms with Gasteiger partial charge in [0, 0.05) is 13.6 Å². The largest absolute Gasteiger partial charge is 0.478 e. The molecular formula is C27H25N3O4. The molecule has 0 radical (unpaired) electrons. The number of para-hydroxylation sites is 1. The number of ether oxygens (including phenoxy) is 1. The summed E-state index contributed by atoms with van der Waals surface area (Å²) < 4.78 is 7.75. The molecule has 1 N–H and O–H groups in total. The monoisotopic (exact) mass is 455 g/mol. The van der Waals surface area contributed by atoms with E-state index >= 15 is 0 Å². The average Bonchev–Trinajstić information content (AvgIpc) is 3.45. The molecule has 1 amide bonds. The standard InChI is InChI=1S/C27H25N3O4/c1-29-24-17-19(27(32)33)11-14-22(24)28-26(29)23-8-5-15-30(23)25(31)16-18-9-12-21(13-10-18)34-20-6-3-2-4-7-20/h2-4,6-7,9-14,17,23H,5,8,15-16H2,1H3,(H,32,33). The van der Waals surface area contributed by atoms with Crippen molar-refractivity contribution in [1.29, 1.82) is 0 Å². The summed E-state index contributed by atoms with van der Waals surface area (Å²) in [6, 6.07) is 22.0. The molecule has 7 nitrogen and oxygen atoms in total. The minimum Gasteiger partial charge on any atom is -0.478 e. The number of carbonyl (C=O) groups is 2. The van der Waals surface area contributed by atoms with Crippen LogP contribution in [0.3, 0.4) is 0 Å². The van der Waals surface area contributed by atoms with Gasteiger partial charge in [-0.3, -0.25) is 4.79 Å². The molecule has 0 bridgehead atoms. The van der Waals surface area contributed by atoms with Gasteiger partial charge in [-0.15, -0.1) is 0 Å². The minimum atomic E-state index is -0.970. The van der Waals surface area contributed by atoms with E-state index in [4.69, 9.17) is 9.72 Å². The van der Waals surface area contributed by atoms with Crippen molar-refractivity contribution in [3.63, 3.8) is 0 Å². The van der Waals surface area contributed by atoms with Crippen molar-refractivity contribution in [2.75, 3.05) is 6.54 Å². The molecule has 34 heavy (non-hydrogen) atoms. The normalized spacial score (nSPS) is 15.6. The lowest BCUT2D eigenvalue weighted by atomic mass is 10.1. The molecular weight excluding hydrogens is 430 g/mol. The van der Waals surface area contributed by atoms with Crippen LogP contribution in [0.1, 0.15) is 40.6 Å². The Kier molecular flexibility index (Phi) is 5.76. The Morgan fingerprint density at radius 3 is 2.50 bits per heavy atom. The van der Waals surface area contributed by atoms with E-state index in [-0.39, 0.29) is 17.5 Å². The fourth-order valence-corrected chi connectivity index (χ4v) is 4.55. The van der Waals surface area contributed by atoms with E-state index in [1.54, 1.807) is 18.2 Å². The number of aryl methyl sites for hydroxylation is 1. The zero-order valence-corrected chi connectivity index (χ0v) is 18.8. The Morgan fingerprint density at radius 2 is 1.76 bits per heavy atom. The lowest BCUT2D eigenvalue weighted by molar-refractivity contribution is -0.131. The van der Waals surface area contributed by atoms with Crippen molar-refractivity contribution in [2.45, 2.75) is 25.3 Å². The first-order valence-electron chi connectivity index (χ1n) is 11.3. The highest BCUT2D eigenvalue weighted by Gasteiger charge is 2.33. The van der Waals surface area contributed by atoms with Crippen molar-refractivity contribution in [2.24, 2.45) is 7.05 Å². The molecule has 3 aromatic carbocycles. The molecule has 1 fully saturated rings. The van der Waals surface area contributed by atoms with E-state index in [1.165, 1.54) is 0 Å². The molecule has 0 saturated carbocycles. The smallest absolute Gasteiger partial charge is 0.335 e. The number of carbonyl (C=O) groups excluding carboxylic acids is 1. The molecule has 1 saturated heterocycles. The predicted molar refractivity (Wildman–Crippen MR) is 128 cm³/mol. The van der Waals surface area contributed by atoms with E-state index in [2.05, 4.69) is 0 Å². The quantitative estimate of drug-likeness (QED) is 0.444. The Balaban J connectivity index is 1.31. The van der Waals surface area contributed by atoms with E-state index in [1.807, 2.05) is 71.1 Å². The zero-order chi connectivity index (χ0) is 23.7. The average molecular weight is 456 g/mol. The maximum atomic E-state index is 13.2. The number of rotatable bonds is 6. The molecule has 1 unspecified atom stereocenters. The number of aromatic nitrogens is 2. The number of amides is 1. The number of hydrogen-bond acceptors (Lipinski definition) is 4. The number of nitrogens with zero attached hydrogens (tertiary/aromatic N) is 3. The summed E-state index contributed by atoms with van der Waals surface area (Å²) in [6.45, 7) is 0.683. The van der Waals surface area contributed by atoms with Crippen molar-refractivity contribution in [3.05, 3.63) is 89.7 Å². The summed E-state index contributed by atoms with van der Waals surface area (Å²) in [6.07, 6.45) is 2.04. The van der Waals surface area contributed by atoms with Crippen LogP contribution in [0.4, 0.5) is 0 Å². The first-order chi connectivity index (χ1) is 16.5. The van der Waals surface area contributed by atoms with Gasteiger partial charge in [-0.1, -0.05) is 30.3 Å². The van der Waals surface area contributed by atoms with Crippen LogP contribution in [-0.2, 0) is 18.3 Å². The maximum Gasteiger partial charge on any atom is 0.335 e. The highest BCUT2D eigenvalue weighted by Crippen LogP contribution is 2.34. The van der Waals surface area contributed by atoms with Crippen LogP contribution in [0.5, 0.6) is 11.5 Å². The van der Waals surface area contributed by atoms with Gasteiger partial charge < -0.3 is 19.3 Å². The van der Waals surface area contributed by atoms with Crippen LogP contribution in [0, 0.1) is 0 Å². The van der Waals surface area contributed by atoms with Gasteiger partial charge in [0.2, 0.25) is 5.91 Å². The highest BCUT2D eigenvalue weighted by atomic mass is 16.5. The second-order valence-electron chi connectivity index (χ2n) is 8.52. The number of imidazole rings is 1. The molecule has 172 valence electrons. The summed E-state index contributed by atoms with van der Waals surface area (Å²) in [4.78, 5) is 31.2. The highest BCUT2D eigenvalue weighted by molar-refractivity contribution is 5.92. The molecule has 0 spiro atoms. The Bertz CT molecular complexity index is 1350. The summed E-state index contributed by atoms with van der Waals surface area (Å²) >= 11 is 0. The SMILES string of the molecule is Cn1c(C2CCCN2C(=O)Cc2ccc(Oc3ccccc3)cc2)nc2ccc(C(=O)O)cc21. The summed E-state index contributed by atoms with van der Waals surface area (Å²) in [5.74, 6) is 1.36. The Morgan fingerprint density at radius 1 is 1.03 bits per heavy atom. The third kappa shape index (κ3) is 4.24. The minimum absolute atomic E-state index is 0.0532. The number of likely N-dealkylation sites (tertiary alicyclic amines) is 1. The lowest BCUT2D eigenvalue weighted by Gasteiger charge is -2.24. The third-order valence-corrected chi connectivity index (χ3v) is 6.29. The molecule has 2 heterocycles. The lowest BCUT2D eigenvalue weighted by Crippen LogP contribution is -2.33. The van der Waals surface area contributed by atoms with Crippen LogP contribution < -0.4 is 4.74 Å². The molecule has 1 aliphatic rings. The molecule has 1 aromatic heterocycles. The molecule has 7 heteroatoms. The van der Waals surface area contributed by atoms with Gasteiger partial charge in [-0.05, 0) is 60.9 Å². The number of fused-ring (bicyclic) bond motifs is 1. The maximum absolute atomic E-state index is 13.2. The van der Waals surface area contributed by atoms with Gasteiger partial charge in [0.05, 0.1) is 29.1 Å². The van der Waals surface area contributed by atoms with E-state index in [9.17, 15) is 14.7 Å². The van der Waals surface area contributed by atoms with E-state index < -0.39 is 5.97 Å². The van der Waals surface area contributed by atoms with Crippen molar-refractivity contribution < 1.29 is 19.4 Å². The number of carboxylic acids is 1. The van der Waals surface area contributed by atoms with Gasteiger partial charge in [0.25, 0.3) is 0 Å². The predicted octanol–water partition coefficient (Wildman–Crippen LogP) is 4.97. The van der Waals surface area contributed by atoms with Gasteiger partial charge in [-0.25, -0.2) is 9.78 Å². The number of benzene rings is 3. The summed E-state index contributed by atoms with van der Waals surface area (Å²) in [5, 5.41) is 9.31.